The number of benzene rings is 3. The van der Waals surface area contributed by atoms with Crippen molar-refractivity contribution in [2.45, 2.75) is 16.3 Å². The number of nitrogens with two attached hydrogens (primary N) is 1. The van der Waals surface area contributed by atoms with Gasteiger partial charge in [-0.2, -0.15) is 0 Å². The Balaban J connectivity index is 1.31. The summed E-state index contributed by atoms with van der Waals surface area (Å²) >= 11 is 0. The average Bonchev–Trinajstić information content (AvgIpc) is 3.00. The number of anilines is 2. The Morgan fingerprint density at radius 1 is 0.780 bits per heavy atom. The highest BCUT2D eigenvalue weighted by molar-refractivity contribution is 7.91. The van der Waals surface area contributed by atoms with Crippen LogP contribution < -0.4 is 16.4 Å². The topological polar surface area (TPSA) is 157 Å². The molecule has 0 aliphatic heterocycles. The van der Waals surface area contributed by atoms with E-state index in [-0.39, 0.29) is 21.4 Å². The predicted molar refractivity (Wildman–Crippen MR) is 159 cm³/mol. The highest BCUT2D eigenvalue weighted by Gasteiger charge is 2.17. The molecule has 41 heavy (non-hydrogen) atoms. The van der Waals surface area contributed by atoms with Crippen molar-refractivity contribution < 1.29 is 16.8 Å². The minimum atomic E-state index is -3.61. The van der Waals surface area contributed by atoms with Crippen LogP contribution in [-0.2, 0) is 26.2 Å². The largest absolute Gasteiger partial charge is 0.340 e. The van der Waals surface area contributed by atoms with E-state index in [0.29, 0.717) is 30.1 Å². The molecule has 0 atom stereocenters. The van der Waals surface area contributed by atoms with Crippen molar-refractivity contribution in [3.63, 3.8) is 0 Å². The highest BCUT2D eigenvalue weighted by Crippen LogP contribution is 2.28. The standard InChI is InChI=1S/C29H28N6O4S2/c30-19-40(36,37)15-14-31-17-21-6-8-22(9-7-21)27-16-26-28(18-32-27)33-20-34-29(26)35-23-10-12-25(13-11-23)41(38,39)24-4-2-1-3-5-24/h1-13,16,18,20,31H,14-15,17,19,30H2,(H,33,34,35). The second-order valence-corrected chi connectivity index (χ2v) is 13.4. The molecule has 0 fully saturated rings. The van der Waals surface area contributed by atoms with Crippen molar-refractivity contribution in [2.24, 2.45) is 5.73 Å². The molecule has 5 aromatic rings. The van der Waals surface area contributed by atoms with Crippen LogP contribution in [0, 0.1) is 0 Å². The first-order chi connectivity index (χ1) is 19.7. The lowest BCUT2D eigenvalue weighted by Crippen LogP contribution is -2.26. The fourth-order valence-corrected chi connectivity index (χ4v) is 6.05. The molecular weight excluding hydrogens is 560 g/mol. The molecule has 0 amide bonds. The summed E-state index contributed by atoms with van der Waals surface area (Å²) < 4.78 is 48.9. The van der Waals surface area contributed by atoms with E-state index in [0.717, 1.165) is 22.2 Å². The SMILES string of the molecule is NCS(=O)(=O)CCNCc1ccc(-c2cc3c(Nc4ccc(S(=O)(=O)c5ccccc5)cc4)ncnc3cn2)cc1. The minimum Gasteiger partial charge on any atom is -0.340 e. The lowest BCUT2D eigenvalue weighted by Gasteiger charge is -2.11. The molecule has 0 bridgehead atoms. The normalized spacial score (nSPS) is 11.9. The van der Waals surface area contributed by atoms with Gasteiger partial charge >= 0.3 is 0 Å². The van der Waals surface area contributed by atoms with Gasteiger partial charge in [0.05, 0.1) is 38.8 Å². The minimum absolute atomic E-state index is 0.00202. The Bertz CT molecular complexity index is 1870. The van der Waals surface area contributed by atoms with Crippen LogP contribution in [0.4, 0.5) is 11.5 Å². The maximum absolute atomic E-state index is 12.9. The Labute approximate surface area is 238 Å². The van der Waals surface area contributed by atoms with Gasteiger partial charge in [0.1, 0.15) is 12.1 Å². The maximum Gasteiger partial charge on any atom is 0.206 e. The van der Waals surface area contributed by atoms with Crippen LogP contribution in [0.25, 0.3) is 22.2 Å². The van der Waals surface area contributed by atoms with Gasteiger partial charge in [0, 0.05) is 29.7 Å². The highest BCUT2D eigenvalue weighted by atomic mass is 32.2. The quantitative estimate of drug-likeness (QED) is 0.194. The van der Waals surface area contributed by atoms with E-state index < -0.39 is 19.7 Å². The molecule has 0 aliphatic carbocycles. The molecule has 0 radical (unpaired) electrons. The summed E-state index contributed by atoms with van der Waals surface area (Å²) in [5, 5.41) is 7.14. The first kappa shape index (κ1) is 28.3. The first-order valence-electron chi connectivity index (χ1n) is 12.7. The van der Waals surface area contributed by atoms with Crippen molar-refractivity contribution in [3.8, 4) is 11.3 Å². The number of nitrogens with one attached hydrogen (secondary N) is 2. The van der Waals surface area contributed by atoms with E-state index in [2.05, 4.69) is 25.6 Å². The molecule has 10 nitrogen and oxygen atoms in total. The Kier molecular flexibility index (Phi) is 8.36. The smallest absolute Gasteiger partial charge is 0.206 e. The van der Waals surface area contributed by atoms with Gasteiger partial charge in [-0.25, -0.2) is 26.8 Å². The molecule has 4 N–H and O–H groups in total. The van der Waals surface area contributed by atoms with Crippen LogP contribution in [0.1, 0.15) is 5.56 Å². The summed E-state index contributed by atoms with van der Waals surface area (Å²) in [6, 6.07) is 24.5. The van der Waals surface area contributed by atoms with E-state index in [1.807, 2.05) is 30.3 Å². The van der Waals surface area contributed by atoms with Crippen LogP contribution in [0.2, 0.25) is 0 Å². The summed E-state index contributed by atoms with van der Waals surface area (Å²) in [5.74, 6) is 0.207. The number of hydrogen-bond acceptors (Lipinski definition) is 10. The summed E-state index contributed by atoms with van der Waals surface area (Å²) in [7, 11) is -6.82. The van der Waals surface area contributed by atoms with Crippen molar-refractivity contribution in [3.05, 3.63) is 103 Å². The molecule has 0 saturated carbocycles. The predicted octanol–water partition coefficient (Wildman–Crippen LogP) is 3.69. The van der Waals surface area contributed by atoms with Crippen molar-refractivity contribution >= 4 is 42.1 Å². The molecule has 0 saturated heterocycles. The van der Waals surface area contributed by atoms with Gasteiger partial charge in [-0.1, -0.05) is 42.5 Å². The summed E-state index contributed by atoms with van der Waals surface area (Å²) in [6.45, 7) is 0.855. The Morgan fingerprint density at radius 3 is 2.20 bits per heavy atom. The monoisotopic (exact) mass is 588 g/mol. The number of aromatic nitrogens is 3. The van der Waals surface area contributed by atoms with E-state index in [1.54, 1.807) is 60.8 Å². The van der Waals surface area contributed by atoms with Crippen LogP contribution in [0.5, 0.6) is 0 Å². The van der Waals surface area contributed by atoms with E-state index >= 15 is 0 Å². The van der Waals surface area contributed by atoms with Crippen LogP contribution in [0.15, 0.2) is 107 Å². The maximum atomic E-state index is 12.9. The van der Waals surface area contributed by atoms with Crippen molar-refractivity contribution in [1.29, 1.82) is 0 Å². The third-order valence-electron chi connectivity index (χ3n) is 6.43. The fraction of sp³-hybridized carbons (Fsp3) is 0.138. The van der Waals surface area contributed by atoms with Crippen molar-refractivity contribution in [1.82, 2.24) is 20.3 Å². The van der Waals surface area contributed by atoms with E-state index in [1.165, 1.54) is 6.33 Å². The number of fused-ring (bicyclic) bond motifs is 1. The van der Waals surface area contributed by atoms with Gasteiger partial charge in [-0.3, -0.25) is 4.98 Å². The summed E-state index contributed by atoms with van der Waals surface area (Å²) in [6.07, 6.45) is 3.13. The number of hydrogen-bond donors (Lipinski definition) is 3. The fourth-order valence-electron chi connectivity index (χ4n) is 4.14. The number of pyridine rings is 1. The van der Waals surface area contributed by atoms with Gasteiger partial charge in [-0.05, 0) is 48.0 Å². The third kappa shape index (κ3) is 6.74. The number of rotatable bonds is 11. The van der Waals surface area contributed by atoms with Gasteiger partial charge in [0.25, 0.3) is 0 Å². The first-order valence-corrected chi connectivity index (χ1v) is 16.0. The molecule has 210 valence electrons. The van der Waals surface area contributed by atoms with E-state index in [4.69, 9.17) is 5.73 Å². The summed E-state index contributed by atoms with van der Waals surface area (Å²) in [4.78, 5) is 13.7. The zero-order valence-corrected chi connectivity index (χ0v) is 23.6. The summed E-state index contributed by atoms with van der Waals surface area (Å²) in [5.41, 5.74) is 9.19. The molecule has 0 unspecified atom stereocenters. The van der Waals surface area contributed by atoms with Crippen molar-refractivity contribution in [2.75, 3.05) is 23.5 Å². The van der Waals surface area contributed by atoms with Crippen LogP contribution in [0.3, 0.4) is 0 Å². The van der Waals surface area contributed by atoms with E-state index in [9.17, 15) is 16.8 Å². The molecule has 3 aromatic carbocycles. The van der Waals surface area contributed by atoms with Crippen LogP contribution >= 0.6 is 0 Å². The Morgan fingerprint density at radius 2 is 1.49 bits per heavy atom. The second-order valence-electron chi connectivity index (χ2n) is 9.26. The van der Waals surface area contributed by atoms with Crippen LogP contribution in [-0.4, -0.2) is 50.0 Å². The van der Waals surface area contributed by atoms with Gasteiger partial charge < -0.3 is 16.4 Å². The number of sulfone groups is 2. The van der Waals surface area contributed by atoms with Gasteiger partial charge in [0.2, 0.25) is 9.84 Å². The lowest BCUT2D eigenvalue weighted by molar-refractivity contribution is 0.590. The molecule has 5 rings (SSSR count). The molecule has 0 aliphatic rings. The molecule has 2 aromatic heterocycles. The Hall–Kier alpha value is -4.23. The zero-order valence-electron chi connectivity index (χ0n) is 21.9. The molecule has 12 heteroatoms. The lowest BCUT2D eigenvalue weighted by atomic mass is 10.1. The zero-order chi connectivity index (χ0) is 28.9. The second kappa shape index (κ2) is 12.1. The molecular formula is C29H28N6O4S2. The number of nitrogens with zero attached hydrogens (tertiary/aromatic N) is 3. The van der Waals surface area contributed by atoms with Gasteiger partial charge in [-0.15, -0.1) is 0 Å². The van der Waals surface area contributed by atoms with Gasteiger partial charge in [0.15, 0.2) is 9.84 Å². The molecule has 0 spiro atoms. The molecule has 2 heterocycles. The third-order valence-corrected chi connectivity index (χ3v) is 9.54. The average molecular weight is 589 g/mol.